The largest absolute Gasteiger partial charge is 0.350 e. The quantitative estimate of drug-likeness (QED) is 0.347. The van der Waals surface area contributed by atoms with Gasteiger partial charge in [0.15, 0.2) is 2.82 Å². The third kappa shape index (κ3) is 3.68. The fourth-order valence-electron chi connectivity index (χ4n) is 11.8. The first-order chi connectivity index (χ1) is 19.2. The highest BCUT2D eigenvalue weighted by atomic mass is 16.2. The van der Waals surface area contributed by atoms with Gasteiger partial charge in [0.1, 0.15) is 0 Å². The first-order valence-corrected chi connectivity index (χ1v) is 16.5. The highest BCUT2D eigenvalue weighted by molar-refractivity contribution is 5.95. The Bertz CT molecular complexity index is 1140. The molecule has 0 aromatic carbocycles. The van der Waals surface area contributed by atoms with Gasteiger partial charge in [-0.2, -0.15) is 0 Å². The summed E-state index contributed by atoms with van der Waals surface area (Å²) in [6.07, 6.45) is 4.44. The fraction of sp³-hybridized carbons (Fsp3) is 0.889. The van der Waals surface area contributed by atoms with E-state index in [0.717, 1.165) is 37.7 Å². The Morgan fingerprint density at radius 1 is 1.05 bits per heavy atom. The fourth-order valence-corrected chi connectivity index (χ4v) is 11.8. The van der Waals surface area contributed by atoms with E-state index < -0.39 is 5.54 Å². The topological polar surface area (TPSA) is 58.2 Å². The summed E-state index contributed by atoms with van der Waals surface area (Å²) in [6.45, 7) is 31.7. The smallest absolute Gasteiger partial charge is 0.247 e. The van der Waals surface area contributed by atoms with Crippen LogP contribution in [0, 0.1) is 63.1 Å². The Balaban J connectivity index is 1.97. The van der Waals surface area contributed by atoms with Crippen LogP contribution in [0.5, 0.6) is 0 Å². The lowest BCUT2D eigenvalue weighted by Gasteiger charge is -2.75. The van der Waals surface area contributed by atoms with Crippen molar-refractivity contribution in [2.24, 2.45) is 63.1 Å². The van der Waals surface area contributed by atoms with Crippen LogP contribution in [-0.4, -0.2) is 23.4 Å². The molecule has 4 rings (SSSR count). The molecule has 3 fully saturated rings. The van der Waals surface area contributed by atoms with E-state index >= 15 is 0 Å². The van der Waals surface area contributed by atoms with Crippen molar-refractivity contribution in [3.8, 4) is 0 Å². The van der Waals surface area contributed by atoms with Crippen molar-refractivity contribution in [1.29, 1.82) is 0 Å². The van der Waals surface area contributed by atoms with Crippen molar-refractivity contribution < 1.29 is 12.4 Å². The van der Waals surface area contributed by atoms with E-state index in [1.54, 1.807) is 0 Å². The number of nitrogens with one attached hydrogen (secondary N) is 2. The van der Waals surface area contributed by atoms with Crippen LogP contribution < -0.4 is 10.6 Å². The van der Waals surface area contributed by atoms with Crippen LogP contribution in [0.15, 0.2) is 11.1 Å². The van der Waals surface area contributed by atoms with Crippen molar-refractivity contribution >= 4 is 11.8 Å². The van der Waals surface area contributed by atoms with Gasteiger partial charge in [-0.15, -0.1) is 0 Å². The van der Waals surface area contributed by atoms with Crippen LogP contribution >= 0.6 is 0 Å². The summed E-state index contributed by atoms with van der Waals surface area (Å²) in [5.41, 5.74) is 0.496. The van der Waals surface area contributed by atoms with E-state index in [0.29, 0.717) is 11.8 Å². The van der Waals surface area contributed by atoms with Crippen LogP contribution in [0.2, 0.25) is 2.82 Å². The summed E-state index contributed by atoms with van der Waals surface area (Å²) in [5.74, 6) is 1.48. The van der Waals surface area contributed by atoms with Crippen LogP contribution in [0.4, 0.5) is 0 Å². The maximum Gasteiger partial charge on any atom is 0.247 e. The second-order valence-electron chi connectivity index (χ2n) is 16.5. The molecule has 1 unspecified atom stereocenters. The Hall–Kier alpha value is -1.32. The van der Waals surface area contributed by atoms with Crippen LogP contribution in [0.1, 0.15) is 129 Å². The summed E-state index contributed by atoms with van der Waals surface area (Å²) in [4.78, 5) is 28.0. The zero-order chi connectivity index (χ0) is 32.1. The number of amides is 2. The molecule has 2 N–H and O–H groups in total. The van der Waals surface area contributed by atoms with Crippen molar-refractivity contribution in [2.45, 2.75) is 141 Å². The summed E-state index contributed by atoms with van der Waals surface area (Å²) >= 11 is 0. The summed E-state index contributed by atoms with van der Waals surface area (Å²) in [6, 6.07) is -0.129. The second kappa shape index (κ2) is 9.87. The predicted octanol–water partition coefficient (Wildman–Crippen LogP) is 8.17. The minimum Gasteiger partial charge on any atom is -0.350 e. The zero-order valence-corrected chi connectivity index (χ0v) is 28.4. The highest BCUT2D eigenvalue weighted by Crippen LogP contribution is 2.79. The van der Waals surface area contributed by atoms with Crippen LogP contribution in [0.3, 0.4) is 0 Å². The molecule has 4 aliphatic rings. The first-order valence-electron chi connectivity index (χ1n) is 17.4. The number of fused-ring (bicyclic) bond motifs is 5. The molecular weight excluding hydrogens is 492 g/mol. The van der Waals surface area contributed by atoms with E-state index in [4.69, 9.17) is 1.41 Å². The van der Waals surface area contributed by atoms with Gasteiger partial charge >= 0.3 is 0 Å². The van der Waals surface area contributed by atoms with Gasteiger partial charge in [0.25, 0.3) is 0 Å². The summed E-state index contributed by atoms with van der Waals surface area (Å²) < 4.78 is 18.3. The van der Waals surface area contributed by atoms with E-state index in [1.807, 2.05) is 6.92 Å². The molecule has 40 heavy (non-hydrogen) atoms. The Morgan fingerprint density at radius 2 is 1.65 bits per heavy atom. The SMILES string of the molecule is [2H]N1C(=O)C(C)=C(C)[C@]2(C(C)C)[C@@H]3[C@@H](CC[C@@H]12)[C@@H]1CC[C@H](C(=O)N([2H])C(C)(CC)C(C)C)[C@@]1(C(C)C)C(C)(C)C3(C)C. The molecule has 4 heteroatoms. The lowest BCUT2D eigenvalue weighted by atomic mass is 9.30. The number of hydrogen-bond acceptors (Lipinski definition) is 2. The minimum absolute atomic E-state index is 0.0198. The molecule has 0 aromatic rings. The van der Waals surface area contributed by atoms with E-state index in [2.05, 4.69) is 90.0 Å². The van der Waals surface area contributed by atoms with Gasteiger partial charge in [0.05, 0.1) is 0 Å². The molecule has 228 valence electrons. The van der Waals surface area contributed by atoms with Crippen molar-refractivity contribution in [1.82, 2.24) is 10.6 Å². The minimum atomic E-state index is -0.504. The number of carbonyl (C=O) groups is 2. The standard InChI is InChI=1S/C36H62N2O2/c1-15-34(14,20(2)3)38-31(40)27-18-17-26-25-16-19-28-35(21(4)5,24(9)23(8)30(39)37-28)29(25)32(10,11)33(12,13)36(26,27)22(6)7/h20-22,25-29H,15-19H2,1-14H3,(H,37,39)(H,38,40)/t25-,26-,27+,28+,29+,34?,35-,36-/m0/s1/i/hD2. The van der Waals surface area contributed by atoms with Gasteiger partial charge in [-0.1, -0.05) is 81.7 Å². The van der Waals surface area contributed by atoms with Crippen molar-refractivity contribution in [3.63, 3.8) is 0 Å². The van der Waals surface area contributed by atoms with E-state index in [9.17, 15) is 11.0 Å². The number of hydrogen-bond donors (Lipinski definition) is 2. The lowest BCUT2D eigenvalue weighted by molar-refractivity contribution is -0.256. The predicted molar refractivity (Wildman–Crippen MR) is 167 cm³/mol. The maximum absolute atomic E-state index is 14.7. The molecular formula is C36H62N2O2. The average molecular weight is 557 g/mol. The first kappa shape index (κ1) is 28.8. The Labute approximate surface area is 249 Å². The monoisotopic (exact) mass is 556 g/mol. The molecule has 0 spiro atoms. The van der Waals surface area contributed by atoms with Gasteiger partial charge in [0, 0.05) is 28.5 Å². The molecule has 1 heterocycles. The van der Waals surface area contributed by atoms with Crippen LogP contribution in [-0.2, 0) is 9.59 Å². The lowest BCUT2D eigenvalue weighted by Crippen LogP contribution is -2.74. The second-order valence-corrected chi connectivity index (χ2v) is 16.5. The maximum atomic E-state index is 14.7. The molecule has 0 saturated heterocycles. The van der Waals surface area contributed by atoms with E-state index in [1.165, 1.54) is 16.2 Å². The Kier molecular flexibility index (Phi) is 7.10. The van der Waals surface area contributed by atoms with Crippen molar-refractivity contribution in [3.05, 3.63) is 11.1 Å². The summed E-state index contributed by atoms with van der Waals surface area (Å²) in [5, 5.41) is 2.75. The van der Waals surface area contributed by atoms with Gasteiger partial charge in [0.2, 0.25) is 11.8 Å². The molecule has 8 atom stereocenters. The number of carbonyl (C=O) groups excluding carboxylic acids is 2. The molecule has 3 aliphatic carbocycles. The molecule has 1 aliphatic heterocycles. The van der Waals surface area contributed by atoms with Crippen molar-refractivity contribution in [2.75, 3.05) is 0 Å². The average Bonchev–Trinajstić information content (AvgIpc) is 3.34. The zero-order valence-electron chi connectivity index (χ0n) is 30.4. The molecule has 2 amide bonds. The van der Waals surface area contributed by atoms with Gasteiger partial charge in [-0.3, -0.25) is 9.59 Å². The highest BCUT2D eigenvalue weighted by Gasteiger charge is 2.76. The third-order valence-corrected chi connectivity index (χ3v) is 14.6. The molecule has 0 bridgehead atoms. The van der Waals surface area contributed by atoms with E-state index in [-0.39, 0.29) is 69.1 Å². The summed E-state index contributed by atoms with van der Waals surface area (Å²) in [7, 11) is 0. The molecule has 4 nitrogen and oxygen atoms in total. The number of rotatable bonds is 6. The molecule has 3 saturated carbocycles. The van der Waals surface area contributed by atoms with Gasteiger partial charge < -0.3 is 10.6 Å². The molecule has 0 aromatic heterocycles. The van der Waals surface area contributed by atoms with Crippen LogP contribution in [0.25, 0.3) is 0 Å². The third-order valence-electron chi connectivity index (χ3n) is 14.6. The normalized spacial score (nSPS) is 40.9. The van der Waals surface area contributed by atoms with Gasteiger partial charge in [-0.25, -0.2) is 0 Å². The molecule has 0 radical (unpaired) electrons. The Morgan fingerprint density at radius 3 is 2.15 bits per heavy atom. The van der Waals surface area contributed by atoms with Gasteiger partial charge in [-0.05, 0) is 105 Å².